The molecule has 2 rings (SSSR count). The van der Waals surface area contributed by atoms with Crippen LogP contribution in [0.1, 0.15) is 12.8 Å². The van der Waals surface area contributed by atoms with Crippen molar-refractivity contribution in [2.75, 3.05) is 30.4 Å². The smallest absolute Gasteiger partial charge is 0.383 e. The highest BCUT2D eigenvalue weighted by atomic mass is 19.4. The van der Waals surface area contributed by atoms with Crippen LogP contribution in [0.15, 0.2) is 18.2 Å². The van der Waals surface area contributed by atoms with E-state index in [0.717, 1.165) is 16.9 Å². The fraction of sp³-hybridized carbons (Fsp3) is 0.538. The first-order valence-corrected chi connectivity index (χ1v) is 6.56. The topological polar surface area (TPSA) is 52.1 Å². The van der Waals surface area contributed by atoms with Crippen LogP contribution >= 0.6 is 0 Å². The van der Waals surface area contributed by atoms with Gasteiger partial charge >= 0.3 is 6.18 Å². The van der Waals surface area contributed by atoms with Crippen molar-refractivity contribution in [3.8, 4) is 0 Å². The predicted octanol–water partition coefficient (Wildman–Crippen LogP) is 2.09. The summed E-state index contributed by atoms with van der Waals surface area (Å²) < 4.78 is 37.9. The maximum atomic E-state index is 12.6. The van der Waals surface area contributed by atoms with Crippen LogP contribution in [0.5, 0.6) is 0 Å². The molecule has 1 heterocycles. The number of nitrogens with zero attached hydrogens (tertiary/aromatic N) is 1. The van der Waals surface area contributed by atoms with Gasteiger partial charge in [-0.3, -0.25) is 0 Å². The monoisotopic (exact) mass is 290 g/mol. The summed E-state index contributed by atoms with van der Waals surface area (Å²) in [6, 6.07) is 5.44. The summed E-state index contributed by atoms with van der Waals surface area (Å²) in [7, 11) is 1.75. The Bertz CT molecular complexity index is 457. The average molecular weight is 290 g/mol. The molecule has 1 aromatic rings. The van der Waals surface area contributed by atoms with E-state index in [1.54, 1.807) is 13.1 Å². The molecule has 1 saturated heterocycles. The minimum absolute atomic E-state index is 0.120. The van der Waals surface area contributed by atoms with Gasteiger partial charge in [0.2, 0.25) is 0 Å². The molecule has 1 aliphatic rings. The van der Waals surface area contributed by atoms with Gasteiger partial charge in [-0.15, -0.1) is 0 Å². The van der Waals surface area contributed by atoms with Gasteiger partial charge in [0.25, 0.3) is 0 Å². The number of piperidine rings is 1. The number of rotatable bonds is 3. The molecule has 7 heteroatoms. The van der Waals surface area contributed by atoms with Crippen LogP contribution in [0.4, 0.5) is 30.2 Å². The Morgan fingerprint density at radius 1 is 1.30 bits per heavy atom. The number of hydrogen-bond acceptors (Lipinski definition) is 3. The van der Waals surface area contributed by atoms with E-state index < -0.39 is 12.1 Å². The van der Waals surface area contributed by atoms with Crippen molar-refractivity contribution in [2.24, 2.45) is 5.92 Å². The summed E-state index contributed by atoms with van der Waals surface area (Å²) in [4.78, 5) is 1.93. The highest BCUT2D eigenvalue weighted by molar-refractivity contribution is 5.67. The normalized spacial score (nSPS) is 17.4. The zero-order valence-corrected chi connectivity index (χ0v) is 11.2. The molecule has 4 nitrogen and oxygen atoms in total. The van der Waals surface area contributed by atoms with E-state index in [-0.39, 0.29) is 12.8 Å². The van der Waals surface area contributed by atoms with Crippen molar-refractivity contribution in [2.45, 2.75) is 19.0 Å². The Morgan fingerprint density at radius 2 is 1.95 bits per heavy atom. The summed E-state index contributed by atoms with van der Waals surface area (Å²) in [6.07, 6.45) is -3.85. The molecule has 4 N–H and O–H groups in total. The highest BCUT2D eigenvalue weighted by Crippen LogP contribution is 2.36. The summed E-state index contributed by atoms with van der Waals surface area (Å²) in [5, 5.41) is 12.1. The number of alkyl halides is 3. The van der Waals surface area contributed by atoms with Crippen molar-refractivity contribution in [3.63, 3.8) is 0 Å². The third kappa shape index (κ3) is 3.16. The molecule has 0 saturated carbocycles. The van der Waals surface area contributed by atoms with Crippen LogP contribution in [-0.4, -0.2) is 31.5 Å². The lowest BCUT2D eigenvalue weighted by Gasteiger charge is -2.34. The van der Waals surface area contributed by atoms with Gasteiger partial charge < -0.3 is 10.2 Å². The molecule has 0 aliphatic carbocycles. The van der Waals surface area contributed by atoms with Crippen molar-refractivity contribution >= 4 is 17.1 Å². The van der Waals surface area contributed by atoms with Crippen LogP contribution in [0.25, 0.3) is 0 Å². The summed E-state index contributed by atoms with van der Waals surface area (Å²) >= 11 is 0. The summed E-state index contributed by atoms with van der Waals surface area (Å²) in [6.45, 7) is 0.766. The average Bonchev–Trinajstić information content (AvgIpc) is 2.45. The van der Waals surface area contributed by atoms with E-state index in [9.17, 15) is 18.4 Å². The van der Waals surface area contributed by atoms with E-state index in [2.05, 4.69) is 5.32 Å². The SMILES string of the molecule is CNc1ccc(N2CCC(C(F)(F)F)CC2)cc1[NH2+]O. The van der Waals surface area contributed by atoms with Gasteiger partial charge in [0, 0.05) is 31.9 Å². The van der Waals surface area contributed by atoms with Gasteiger partial charge in [0.15, 0.2) is 5.69 Å². The van der Waals surface area contributed by atoms with Gasteiger partial charge in [0.05, 0.1) is 11.6 Å². The van der Waals surface area contributed by atoms with Crippen LogP contribution in [0, 0.1) is 5.92 Å². The maximum absolute atomic E-state index is 12.6. The molecule has 0 amide bonds. The molecule has 0 aromatic heterocycles. The first-order valence-electron chi connectivity index (χ1n) is 6.56. The largest absolute Gasteiger partial charge is 0.391 e. The van der Waals surface area contributed by atoms with E-state index in [1.165, 1.54) is 0 Å². The lowest BCUT2D eigenvalue weighted by atomic mass is 9.96. The van der Waals surface area contributed by atoms with Gasteiger partial charge in [-0.2, -0.15) is 18.7 Å². The van der Waals surface area contributed by atoms with Crippen molar-refractivity contribution < 1.29 is 23.9 Å². The quantitative estimate of drug-likeness (QED) is 0.590. The minimum Gasteiger partial charge on any atom is -0.383 e. The Morgan fingerprint density at radius 3 is 2.45 bits per heavy atom. The van der Waals surface area contributed by atoms with Crippen LogP contribution in [0.3, 0.4) is 0 Å². The van der Waals surface area contributed by atoms with Crippen molar-refractivity contribution in [1.29, 1.82) is 0 Å². The molecular formula is C13H19F3N3O+. The zero-order chi connectivity index (χ0) is 14.8. The molecule has 20 heavy (non-hydrogen) atoms. The predicted molar refractivity (Wildman–Crippen MR) is 70.4 cm³/mol. The maximum Gasteiger partial charge on any atom is 0.391 e. The Labute approximate surface area is 115 Å². The first kappa shape index (κ1) is 14.9. The van der Waals surface area contributed by atoms with Crippen LogP contribution < -0.4 is 15.7 Å². The van der Waals surface area contributed by atoms with Crippen molar-refractivity contribution in [1.82, 2.24) is 0 Å². The molecule has 0 atom stereocenters. The fourth-order valence-corrected chi connectivity index (χ4v) is 2.55. The van der Waals surface area contributed by atoms with Gasteiger partial charge in [-0.1, -0.05) is 0 Å². The van der Waals surface area contributed by atoms with E-state index in [1.807, 2.05) is 17.0 Å². The highest BCUT2D eigenvalue weighted by Gasteiger charge is 2.41. The molecule has 112 valence electrons. The summed E-state index contributed by atoms with van der Waals surface area (Å²) in [5.41, 5.74) is 3.24. The molecular weight excluding hydrogens is 271 g/mol. The van der Waals surface area contributed by atoms with E-state index >= 15 is 0 Å². The lowest BCUT2D eigenvalue weighted by molar-refractivity contribution is -0.825. The zero-order valence-electron chi connectivity index (χ0n) is 11.2. The number of nitrogens with two attached hydrogens (primary N) is 1. The minimum atomic E-state index is -4.09. The number of quaternary nitrogens is 1. The third-order valence-corrected chi connectivity index (χ3v) is 3.77. The third-order valence-electron chi connectivity index (χ3n) is 3.77. The van der Waals surface area contributed by atoms with E-state index in [4.69, 9.17) is 0 Å². The molecule has 1 aromatic carbocycles. The Kier molecular flexibility index (Phi) is 4.39. The van der Waals surface area contributed by atoms with Gasteiger partial charge in [0.1, 0.15) is 0 Å². The first-order chi connectivity index (χ1) is 9.45. The number of anilines is 2. The molecule has 0 bridgehead atoms. The molecule has 1 fully saturated rings. The number of halogens is 3. The second-order valence-corrected chi connectivity index (χ2v) is 4.95. The molecule has 0 radical (unpaired) electrons. The van der Waals surface area contributed by atoms with Gasteiger partial charge in [-0.05, 0) is 25.0 Å². The van der Waals surface area contributed by atoms with Crippen molar-refractivity contribution in [3.05, 3.63) is 18.2 Å². The standard InChI is InChI=1S/C13H18F3N3O/c1-17-11-3-2-10(8-12(11)18-20)19-6-4-9(5-7-19)13(14,15)16/h2-3,8-9,17-18,20H,4-7H2,1H3/p+1. The Balaban J connectivity index is 2.07. The fourth-order valence-electron chi connectivity index (χ4n) is 2.55. The second kappa shape index (κ2) is 5.88. The molecule has 1 aliphatic heterocycles. The summed E-state index contributed by atoms with van der Waals surface area (Å²) in [5.74, 6) is -1.20. The molecule has 0 spiro atoms. The number of benzene rings is 1. The number of nitrogens with one attached hydrogen (secondary N) is 1. The second-order valence-electron chi connectivity index (χ2n) is 4.95. The van der Waals surface area contributed by atoms with Gasteiger partial charge in [-0.25, -0.2) is 5.21 Å². The molecule has 0 unspecified atom stereocenters. The van der Waals surface area contributed by atoms with Crippen LogP contribution in [0.2, 0.25) is 0 Å². The van der Waals surface area contributed by atoms with Crippen LogP contribution in [-0.2, 0) is 0 Å². The number of hydrogen-bond donors (Lipinski definition) is 3. The van der Waals surface area contributed by atoms with E-state index in [0.29, 0.717) is 18.8 Å². The Hall–Kier alpha value is -1.47. The lowest BCUT2D eigenvalue weighted by Crippen LogP contribution is -2.73.